The van der Waals surface area contributed by atoms with E-state index < -0.39 is 29.8 Å². The van der Waals surface area contributed by atoms with Crippen molar-refractivity contribution < 1.29 is 33.4 Å². The summed E-state index contributed by atoms with van der Waals surface area (Å²) in [5.74, 6) is -1.62. The Bertz CT molecular complexity index is 1200. The monoisotopic (exact) mass is 574 g/mol. The van der Waals surface area contributed by atoms with E-state index in [2.05, 4.69) is 10.3 Å². The number of halogens is 1. The first-order valence-electron chi connectivity index (χ1n) is 14.2. The van der Waals surface area contributed by atoms with Crippen LogP contribution in [0, 0.1) is 11.7 Å². The quantitative estimate of drug-likeness (QED) is 0.405. The van der Waals surface area contributed by atoms with Crippen molar-refractivity contribution in [1.82, 2.24) is 29.7 Å². The van der Waals surface area contributed by atoms with E-state index in [4.69, 9.17) is 9.47 Å². The topological polar surface area (TPSA) is 130 Å². The van der Waals surface area contributed by atoms with Gasteiger partial charge in [-0.1, -0.05) is 24.3 Å². The lowest BCUT2D eigenvalue weighted by molar-refractivity contribution is -0.142. The lowest BCUT2D eigenvalue weighted by Crippen LogP contribution is -2.57. The Labute approximate surface area is 239 Å². The van der Waals surface area contributed by atoms with Crippen LogP contribution in [-0.4, -0.2) is 118 Å². The van der Waals surface area contributed by atoms with Gasteiger partial charge in [0.05, 0.1) is 30.9 Å². The largest absolute Gasteiger partial charge is 0.465 e. The van der Waals surface area contributed by atoms with Crippen LogP contribution in [0.25, 0.3) is 5.69 Å². The summed E-state index contributed by atoms with van der Waals surface area (Å²) in [6.07, 6.45) is 1.61. The van der Waals surface area contributed by atoms with E-state index in [1.54, 1.807) is 35.1 Å². The van der Waals surface area contributed by atoms with Crippen molar-refractivity contribution in [1.29, 1.82) is 0 Å². The Hall–Kier alpha value is -3.58. The number of hydrogen-bond donors (Lipinski definition) is 1. The van der Waals surface area contributed by atoms with Crippen molar-refractivity contribution in [2.24, 2.45) is 5.92 Å². The zero-order valence-electron chi connectivity index (χ0n) is 23.7. The van der Waals surface area contributed by atoms with Gasteiger partial charge in [-0.25, -0.2) is 13.9 Å². The molecule has 2 saturated heterocycles. The second-order valence-electron chi connectivity index (χ2n) is 10.4. The maximum Gasteiger partial charge on any atom is 0.407 e. The number of carbonyl (C=O) groups is 3. The summed E-state index contributed by atoms with van der Waals surface area (Å²) in [6, 6.07) is 5.63. The number of rotatable bonds is 11. The number of methoxy groups -OCH3 is 1. The number of aromatic nitrogens is 3. The number of ether oxygens (including phenoxy) is 2. The molecule has 1 aromatic carbocycles. The van der Waals surface area contributed by atoms with Gasteiger partial charge < -0.3 is 29.3 Å². The molecule has 2 aliphatic rings. The number of hydrogen-bond acceptors (Lipinski definition) is 7. The minimum atomic E-state index is -1.14. The number of unbranched alkanes of at least 4 members (excludes halogenated alkanes) is 1. The molecule has 0 radical (unpaired) electrons. The molecule has 1 N–H and O–H groups in total. The molecule has 2 fully saturated rings. The average Bonchev–Trinajstić information content (AvgIpc) is 3.41. The van der Waals surface area contributed by atoms with Crippen LogP contribution in [-0.2, 0) is 20.7 Å². The van der Waals surface area contributed by atoms with Gasteiger partial charge in [0.25, 0.3) is 5.91 Å². The number of morpholine rings is 1. The van der Waals surface area contributed by atoms with Gasteiger partial charge in [-0.2, -0.15) is 0 Å². The number of carboxylic acid groups (broad SMARTS) is 1. The highest BCUT2D eigenvalue weighted by atomic mass is 19.1. The zero-order chi connectivity index (χ0) is 29.4. The highest BCUT2D eigenvalue weighted by Gasteiger charge is 2.40. The van der Waals surface area contributed by atoms with E-state index in [9.17, 15) is 23.9 Å². The zero-order valence-corrected chi connectivity index (χ0v) is 23.7. The van der Waals surface area contributed by atoms with Crippen LogP contribution >= 0.6 is 0 Å². The SMILES string of the molecule is CCCN(C(=O)c1nnn(-c2ccccc2F)c1CCCCOC)[C@H]1C[C@@H](C(=O)N2CCOCC2)CN(C(=O)O)C1. The van der Waals surface area contributed by atoms with Crippen LogP contribution in [0.15, 0.2) is 24.3 Å². The molecule has 0 saturated carbocycles. The molecule has 3 amide bonds. The minimum absolute atomic E-state index is 0.0738. The number of likely N-dealkylation sites (tertiary alicyclic amines) is 1. The van der Waals surface area contributed by atoms with Gasteiger partial charge in [-0.05, 0) is 44.2 Å². The van der Waals surface area contributed by atoms with E-state index >= 15 is 0 Å². The fourth-order valence-electron chi connectivity index (χ4n) is 5.55. The number of amides is 3. The summed E-state index contributed by atoms with van der Waals surface area (Å²) in [5, 5.41) is 18.3. The summed E-state index contributed by atoms with van der Waals surface area (Å²) < 4.78 is 26.7. The molecule has 3 heterocycles. The van der Waals surface area contributed by atoms with Crippen molar-refractivity contribution in [3.63, 3.8) is 0 Å². The van der Waals surface area contributed by atoms with E-state index in [0.717, 1.165) is 6.42 Å². The van der Waals surface area contributed by atoms with Gasteiger partial charge in [0.1, 0.15) is 11.5 Å². The van der Waals surface area contributed by atoms with Gasteiger partial charge in [-0.15, -0.1) is 5.10 Å². The first kappa shape index (κ1) is 30.4. The van der Waals surface area contributed by atoms with Gasteiger partial charge in [-0.3, -0.25) is 9.59 Å². The Morgan fingerprint density at radius 1 is 1.15 bits per heavy atom. The molecule has 4 rings (SSSR count). The van der Waals surface area contributed by atoms with Crippen molar-refractivity contribution in [2.45, 2.75) is 45.1 Å². The smallest absolute Gasteiger partial charge is 0.407 e. The predicted molar refractivity (Wildman–Crippen MR) is 146 cm³/mol. The molecule has 2 aliphatic heterocycles. The molecule has 41 heavy (non-hydrogen) atoms. The second kappa shape index (κ2) is 14.4. The Morgan fingerprint density at radius 2 is 1.90 bits per heavy atom. The lowest BCUT2D eigenvalue weighted by Gasteiger charge is -2.42. The number of piperidine rings is 1. The van der Waals surface area contributed by atoms with Crippen molar-refractivity contribution in [2.75, 3.05) is 59.7 Å². The fourth-order valence-corrected chi connectivity index (χ4v) is 5.55. The summed E-state index contributed by atoms with van der Waals surface area (Å²) in [5.41, 5.74) is 0.764. The standard InChI is InChI=1S/C28H39FN6O6/c1-3-11-34(21-17-20(18-33(19-21)28(38)39)26(36)32-12-15-41-16-13-32)27(37)25-24(10-6-7-14-40-2)35(31-30-25)23-9-5-4-8-22(23)29/h4-5,8-9,20-21H,3,6-7,10-19H2,1-2H3,(H,38,39)/t20-,21+/m1/s1. The second-order valence-corrected chi connectivity index (χ2v) is 10.4. The summed E-state index contributed by atoms with van der Waals surface area (Å²) in [4.78, 5) is 44.2. The minimum Gasteiger partial charge on any atom is -0.465 e. The van der Waals surface area contributed by atoms with Gasteiger partial charge in [0, 0.05) is 46.4 Å². The number of benzene rings is 1. The maximum absolute atomic E-state index is 14.8. The van der Waals surface area contributed by atoms with E-state index in [1.807, 2.05) is 6.92 Å². The normalized spacial score (nSPS) is 19.3. The van der Waals surface area contributed by atoms with Gasteiger partial charge >= 0.3 is 6.09 Å². The first-order chi connectivity index (χ1) is 19.8. The Balaban J connectivity index is 1.65. The lowest BCUT2D eigenvalue weighted by atomic mass is 9.91. The van der Waals surface area contributed by atoms with Crippen LogP contribution in [0.4, 0.5) is 9.18 Å². The Kier molecular flexibility index (Phi) is 10.6. The number of para-hydroxylation sites is 1. The van der Waals surface area contributed by atoms with Crippen LogP contribution in [0.3, 0.4) is 0 Å². The molecular formula is C28H39FN6O6. The van der Waals surface area contributed by atoms with Gasteiger partial charge in [0.15, 0.2) is 5.69 Å². The molecule has 0 unspecified atom stereocenters. The molecule has 2 aromatic rings. The molecule has 12 nitrogen and oxygen atoms in total. The third kappa shape index (κ3) is 7.20. The average molecular weight is 575 g/mol. The van der Waals surface area contributed by atoms with Crippen LogP contribution < -0.4 is 0 Å². The predicted octanol–water partition coefficient (Wildman–Crippen LogP) is 2.46. The van der Waals surface area contributed by atoms with Crippen molar-refractivity contribution >= 4 is 17.9 Å². The third-order valence-electron chi connectivity index (χ3n) is 7.60. The molecule has 1 aromatic heterocycles. The summed E-state index contributed by atoms with van der Waals surface area (Å²) in [7, 11) is 1.62. The highest BCUT2D eigenvalue weighted by Crippen LogP contribution is 2.27. The molecule has 13 heteroatoms. The van der Waals surface area contributed by atoms with Crippen LogP contribution in [0.2, 0.25) is 0 Å². The molecule has 2 atom stereocenters. The molecule has 0 bridgehead atoms. The fraction of sp³-hybridized carbons (Fsp3) is 0.607. The number of carbonyl (C=O) groups excluding carboxylic acids is 2. The van der Waals surface area contributed by atoms with Crippen LogP contribution in [0.5, 0.6) is 0 Å². The first-order valence-corrected chi connectivity index (χ1v) is 14.2. The molecule has 0 spiro atoms. The van der Waals surface area contributed by atoms with Gasteiger partial charge in [0.2, 0.25) is 5.91 Å². The van der Waals surface area contributed by atoms with Crippen molar-refractivity contribution in [3.05, 3.63) is 41.5 Å². The molecular weight excluding hydrogens is 535 g/mol. The Morgan fingerprint density at radius 3 is 2.59 bits per heavy atom. The molecule has 224 valence electrons. The van der Waals surface area contributed by atoms with Crippen molar-refractivity contribution in [3.8, 4) is 5.69 Å². The molecule has 0 aliphatic carbocycles. The van der Waals surface area contributed by atoms with E-state index in [0.29, 0.717) is 70.8 Å². The van der Waals surface area contributed by atoms with E-state index in [-0.39, 0.29) is 30.4 Å². The summed E-state index contributed by atoms with van der Waals surface area (Å²) >= 11 is 0. The highest BCUT2D eigenvalue weighted by molar-refractivity contribution is 5.94. The van der Waals surface area contributed by atoms with Crippen LogP contribution in [0.1, 0.15) is 48.8 Å². The van der Waals surface area contributed by atoms with E-state index in [1.165, 1.54) is 15.6 Å². The summed E-state index contributed by atoms with van der Waals surface area (Å²) in [6.45, 7) is 4.75. The third-order valence-corrected chi connectivity index (χ3v) is 7.60. The maximum atomic E-state index is 14.8. The number of nitrogens with zero attached hydrogens (tertiary/aromatic N) is 6.